The van der Waals surface area contributed by atoms with Gasteiger partial charge in [-0.05, 0) is 83.4 Å². The average Bonchev–Trinajstić information content (AvgIpc) is 2.84. The van der Waals surface area contributed by atoms with Crippen LogP contribution in [-0.2, 0) is 0 Å². The van der Waals surface area contributed by atoms with Crippen molar-refractivity contribution in [3.63, 3.8) is 0 Å². The highest BCUT2D eigenvalue weighted by Gasteiger charge is 1.98. The predicted octanol–water partition coefficient (Wildman–Crippen LogP) is 6.98. The van der Waals surface area contributed by atoms with Crippen molar-refractivity contribution < 1.29 is 22.9 Å². The van der Waals surface area contributed by atoms with Crippen molar-refractivity contribution in [2.75, 3.05) is 13.7 Å². The molecule has 4 N–H and O–H groups in total. The van der Waals surface area contributed by atoms with Crippen molar-refractivity contribution in [3.05, 3.63) is 100 Å². The van der Waals surface area contributed by atoms with Crippen LogP contribution in [0.15, 0.2) is 84.0 Å². The molecule has 0 spiro atoms. The van der Waals surface area contributed by atoms with Gasteiger partial charge in [-0.15, -0.1) is 5.73 Å². The topological polar surface area (TPSA) is 72.0 Å². The number of hydrogen-bond donors (Lipinski definition) is 2. The highest BCUT2D eigenvalue weighted by molar-refractivity contribution is 5.44. The molecule has 0 aromatic heterocycles. The van der Waals surface area contributed by atoms with Gasteiger partial charge in [-0.25, -0.2) is 4.39 Å². The lowest BCUT2D eigenvalue weighted by Gasteiger charge is -2.02. The van der Waals surface area contributed by atoms with E-state index in [1.54, 1.807) is 13.8 Å². The zero-order chi connectivity index (χ0) is 28.6. The first-order valence-electron chi connectivity index (χ1n) is 11.9. The summed E-state index contributed by atoms with van der Waals surface area (Å²) in [4.78, 5) is 0. The summed E-state index contributed by atoms with van der Waals surface area (Å²) < 4.78 is 13.0. The molecular formula is C32H57FO3. The van der Waals surface area contributed by atoms with Gasteiger partial charge in [0.25, 0.3) is 0 Å². The van der Waals surface area contributed by atoms with Crippen LogP contribution >= 0.6 is 0 Å². The molecule has 0 aliphatic rings. The maximum absolute atomic E-state index is 13.0. The molecule has 36 heavy (non-hydrogen) atoms. The second-order valence-electron chi connectivity index (χ2n) is 7.49. The summed E-state index contributed by atoms with van der Waals surface area (Å²) in [5.74, 6) is 0. The normalized spacial score (nSPS) is 11.0. The van der Waals surface area contributed by atoms with E-state index in [0.717, 1.165) is 39.8 Å². The van der Waals surface area contributed by atoms with Gasteiger partial charge in [-0.1, -0.05) is 86.7 Å². The largest absolute Gasteiger partial charge is 0.412 e. The first-order chi connectivity index (χ1) is 16.5. The highest BCUT2D eigenvalue weighted by atomic mass is 19.1. The maximum Gasteiger partial charge on any atom is 0.118 e. The van der Waals surface area contributed by atoms with E-state index < -0.39 is 6.17 Å². The van der Waals surface area contributed by atoms with Crippen LogP contribution in [0, 0.1) is 6.92 Å². The van der Waals surface area contributed by atoms with Gasteiger partial charge in [0, 0.05) is 21.8 Å². The summed E-state index contributed by atoms with van der Waals surface area (Å²) in [5, 5.41) is 16.6. The van der Waals surface area contributed by atoms with Crippen LogP contribution in [0.1, 0.15) is 70.7 Å². The molecule has 1 rings (SSSR count). The van der Waals surface area contributed by atoms with Crippen LogP contribution in [0.4, 0.5) is 4.39 Å². The predicted molar refractivity (Wildman–Crippen MR) is 165 cm³/mol. The summed E-state index contributed by atoms with van der Waals surface area (Å²) in [6, 6.07) is 5.94. The van der Waals surface area contributed by atoms with Gasteiger partial charge in [0.05, 0.1) is 0 Å². The van der Waals surface area contributed by atoms with E-state index in [9.17, 15) is 4.39 Å². The second-order valence-corrected chi connectivity index (χ2v) is 7.49. The first kappa shape index (κ1) is 43.3. The van der Waals surface area contributed by atoms with Crippen molar-refractivity contribution in [3.8, 4) is 0 Å². The Labute approximate surface area is 224 Å². The Hall–Kier alpha value is -2.75. The van der Waals surface area contributed by atoms with Crippen LogP contribution in [0.2, 0.25) is 0 Å². The Morgan fingerprint density at radius 2 is 1.61 bits per heavy atom. The van der Waals surface area contributed by atoms with Crippen molar-refractivity contribution in [2.24, 2.45) is 0 Å². The summed E-state index contributed by atoms with van der Waals surface area (Å²) in [6.45, 7) is 30.9. The Bertz CT molecular complexity index is 965. The molecule has 0 aliphatic carbocycles. The zero-order valence-electron chi connectivity index (χ0n) is 24.7. The van der Waals surface area contributed by atoms with Crippen molar-refractivity contribution in [2.45, 2.75) is 75.4 Å². The third-order valence-corrected chi connectivity index (χ3v) is 4.53. The molecule has 0 bridgehead atoms. The van der Waals surface area contributed by atoms with Gasteiger partial charge in [-0.3, -0.25) is 0 Å². The number of hydrogen-bond acceptors (Lipinski definition) is 2. The van der Waals surface area contributed by atoms with Gasteiger partial charge in [0.15, 0.2) is 0 Å². The third-order valence-electron chi connectivity index (χ3n) is 4.53. The average molecular weight is 509 g/mol. The van der Waals surface area contributed by atoms with E-state index in [2.05, 4.69) is 52.3 Å². The number of benzene rings is 1. The molecule has 1 atom stereocenters. The minimum atomic E-state index is -0.906. The molecule has 0 heterocycles. The number of aliphatic hydroxyl groups excluding tert-OH is 2. The molecule has 0 aliphatic heterocycles. The molecular weight excluding hydrogens is 451 g/mol. The number of alkyl halides is 1. The molecule has 1 unspecified atom stereocenters. The fourth-order valence-corrected chi connectivity index (χ4v) is 2.14. The molecule has 0 saturated heterocycles. The Balaban J connectivity index is -0.0000000783. The number of halogens is 1. The zero-order valence-corrected chi connectivity index (χ0v) is 24.7. The minimum absolute atomic E-state index is 0. The number of rotatable bonds is 5. The van der Waals surface area contributed by atoms with Gasteiger partial charge in [-0.2, -0.15) is 0 Å². The number of aliphatic hydroxyl groups is 2. The van der Waals surface area contributed by atoms with E-state index in [1.807, 2.05) is 64.1 Å². The van der Waals surface area contributed by atoms with Gasteiger partial charge in [0.1, 0.15) is 6.17 Å². The van der Waals surface area contributed by atoms with E-state index in [1.165, 1.54) is 18.1 Å². The van der Waals surface area contributed by atoms with Gasteiger partial charge >= 0.3 is 0 Å². The molecule has 4 heteroatoms. The summed E-state index contributed by atoms with van der Waals surface area (Å²) in [7, 11) is 1.00. The number of allylic oxidation sites excluding steroid dienone is 8. The SMILES string of the molecule is C=C/C(=C/C(C)=C(C)C)C(=C)C.C=C=c1cccc(C)/c1=C/C=C(\C)C(C)F.CC.CCO.CO.O.[HH].[HH]. The lowest BCUT2D eigenvalue weighted by Crippen LogP contribution is -2.25. The molecule has 210 valence electrons. The van der Waals surface area contributed by atoms with E-state index in [4.69, 9.17) is 10.2 Å². The first-order valence-corrected chi connectivity index (χ1v) is 11.9. The summed E-state index contributed by atoms with van der Waals surface area (Å²) in [5.41, 5.74) is 9.54. The smallest absolute Gasteiger partial charge is 0.118 e. The molecule has 0 saturated carbocycles. The summed E-state index contributed by atoms with van der Waals surface area (Å²) in [6.07, 6.45) is 6.79. The van der Waals surface area contributed by atoms with Crippen molar-refractivity contribution in [1.82, 2.24) is 0 Å². The molecule has 0 radical (unpaired) electrons. The molecule has 1 aromatic rings. The van der Waals surface area contributed by atoms with E-state index >= 15 is 0 Å². The molecule has 1 aromatic carbocycles. The third kappa shape index (κ3) is 21.8. The minimum Gasteiger partial charge on any atom is -0.412 e. The van der Waals surface area contributed by atoms with Crippen molar-refractivity contribution >= 4 is 11.8 Å². The van der Waals surface area contributed by atoms with E-state index in [-0.39, 0.29) is 14.9 Å². The van der Waals surface area contributed by atoms with Crippen molar-refractivity contribution in [1.29, 1.82) is 0 Å². The Morgan fingerprint density at radius 3 is 1.94 bits per heavy atom. The van der Waals surface area contributed by atoms with E-state index in [0.29, 0.717) is 0 Å². The van der Waals surface area contributed by atoms with Gasteiger partial charge < -0.3 is 15.7 Å². The van der Waals surface area contributed by atoms with Crippen LogP contribution in [-0.4, -0.2) is 35.6 Å². The molecule has 0 amide bonds. The fraction of sp³-hybridized carbons (Fsp3) is 0.406. The molecule has 3 nitrogen and oxygen atoms in total. The fourth-order valence-electron chi connectivity index (χ4n) is 2.14. The molecule has 0 fully saturated rings. The lowest BCUT2D eigenvalue weighted by atomic mass is 10.0. The van der Waals surface area contributed by atoms with Gasteiger partial charge in [0.2, 0.25) is 0 Å². The van der Waals surface area contributed by atoms with Crippen LogP contribution in [0.5, 0.6) is 0 Å². The highest BCUT2D eigenvalue weighted by Crippen LogP contribution is 2.13. The monoisotopic (exact) mass is 508 g/mol. The van der Waals surface area contributed by atoms with Crippen LogP contribution in [0.25, 0.3) is 11.8 Å². The standard InChI is InChI=1S/C15H17F.C12H18.C2H6O.C2H6.CH4O.H2O.2H2/c1-5-14-8-6-7-12(3)15(14)10-9-11(2)13(4)16;1-7-12(10(4)5)8-11(6)9(2)3;1-2-3;2*1-2;;;/h6-10,13H,1H2,2-4H3;7-8H,1,4H2,2-3,5-6H3;3H,2H2,1H3;1-2H3;2H,1H3;1H2;2*1H/b11-9+,15-10-;12-8-;;;;;;. The second kappa shape index (κ2) is 28.5. The summed E-state index contributed by atoms with van der Waals surface area (Å²) >= 11 is 0. The maximum atomic E-state index is 13.0. The van der Waals surface area contributed by atoms with Crippen LogP contribution < -0.4 is 10.4 Å². The van der Waals surface area contributed by atoms with Crippen LogP contribution in [0.3, 0.4) is 0 Å². The Morgan fingerprint density at radius 1 is 1.14 bits per heavy atom. The quantitative estimate of drug-likeness (QED) is 0.421. The Kier molecular flexibility index (Phi) is 34.3. The number of aryl methyl sites for hydroxylation is 1. The lowest BCUT2D eigenvalue weighted by molar-refractivity contribution is 0.318.